The number of carbonyl (C=O) groups is 1. The van der Waals surface area contributed by atoms with E-state index in [0.29, 0.717) is 49.1 Å². The summed E-state index contributed by atoms with van der Waals surface area (Å²) in [5.74, 6) is -0.198. The Morgan fingerprint density at radius 2 is 1.70 bits per heavy atom. The van der Waals surface area contributed by atoms with Crippen molar-refractivity contribution in [2.75, 3.05) is 26.3 Å². The summed E-state index contributed by atoms with van der Waals surface area (Å²) in [5, 5.41) is 35.2. The largest absolute Gasteiger partial charge is 0.508 e. The number of phenols is 1. The average Bonchev–Trinajstić information content (AvgIpc) is 3.03. The molecule has 11 nitrogen and oxygen atoms in total. The second-order valence-corrected chi connectivity index (χ2v) is 12.7. The summed E-state index contributed by atoms with van der Waals surface area (Å²) in [4.78, 5) is 14.1. The standard InChI is InChI=1S/C34H44N2O9S/c35-46(41,42)45-34(40)20-26-5-4-6-27(19-26)24-43-17-18-44-31-12-9-25(10-13-31)15-16-36(30-7-2-1-3-8-30)22-33(39)28-11-14-32(38)29(21-28)23-37/h4-6,9-14,19,21,30,33,37-39H,1-3,7-8,15-18,20,22-24H2,(H2,35,41,42)/t33-/m0/s1. The van der Waals surface area contributed by atoms with Gasteiger partial charge in [0.25, 0.3) is 0 Å². The van der Waals surface area contributed by atoms with Gasteiger partial charge in [-0.15, -0.1) is 0 Å². The first kappa shape index (κ1) is 35.3. The maximum Gasteiger partial charge on any atom is 0.382 e. The quantitative estimate of drug-likeness (QED) is 0.157. The summed E-state index contributed by atoms with van der Waals surface area (Å²) < 4.78 is 37.5. The SMILES string of the molecule is NS(=O)(=O)OC(=O)Cc1cccc(COCCOc2ccc(CCN(C[C@H](O)c3ccc(O)c(CO)c3)C3CCCCC3)cc2)c1. The van der Waals surface area contributed by atoms with Gasteiger partial charge in [0.1, 0.15) is 18.1 Å². The Hall–Kier alpha value is -3.52. The van der Waals surface area contributed by atoms with Crippen LogP contribution in [0.2, 0.25) is 0 Å². The summed E-state index contributed by atoms with van der Waals surface area (Å²) in [6.45, 7) is 1.99. The highest BCUT2D eigenvalue weighted by atomic mass is 32.2. The molecule has 1 aliphatic carbocycles. The lowest BCUT2D eigenvalue weighted by molar-refractivity contribution is -0.133. The van der Waals surface area contributed by atoms with Crippen molar-refractivity contribution in [3.05, 3.63) is 94.5 Å². The molecular formula is C34H44N2O9S. The molecule has 5 N–H and O–H groups in total. The minimum absolute atomic E-state index is 0.0259. The number of hydrogen-bond acceptors (Lipinski definition) is 10. The van der Waals surface area contributed by atoms with E-state index in [4.69, 9.17) is 14.6 Å². The lowest BCUT2D eigenvalue weighted by Gasteiger charge is -2.36. The predicted octanol–water partition coefficient (Wildman–Crippen LogP) is 3.68. The van der Waals surface area contributed by atoms with Crippen molar-refractivity contribution >= 4 is 16.3 Å². The van der Waals surface area contributed by atoms with Crippen molar-refractivity contribution in [3.63, 3.8) is 0 Å². The topological polar surface area (TPSA) is 169 Å². The molecule has 3 aromatic rings. The van der Waals surface area contributed by atoms with Crippen LogP contribution in [-0.2, 0) is 50.1 Å². The number of nitrogens with zero attached hydrogens (tertiary/aromatic N) is 1. The molecule has 46 heavy (non-hydrogen) atoms. The van der Waals surface area contributed by atoms with Gasteiger partial charge in [-0.1, -0.05) is 61.7 Å². The Bertz CT molecular complexity index is 1510. The van der Waals surface area contributed by atoms with Crippen LogP contribution in [0.25, 0.3) is 0 Å². The second-order valence-electron chi connectivity index (χ2n) is 11.6. The smallest absolute Gasteiger partial charge is 0.382 e. The van der Waals surface area contributed by atoms with E-state index in [-0.39, 0.29) is 18.8 Å². The number of rotatable bonds is 17. The van der Waals surface area contributed by atoms with Gasteiger partial charge in [-0.3, -0.25) is 9.69 Å². The summed E-state index contributed by atoms with van der Waals surface area (Å²) in [6, 6.07) is 20.3. The molecule has 12 heteroatoms. The summed E-state index contributed by atoms with van der Waals surface area (Å²) in [6.07, 6.45) is 5.71. The van der Waals surface area contributed by atoms with Crippen LogP contribution >= 0.6 is 0 Å². The van der Waals surface area contributed by atoms with Crippen LogP contribution in [-0.4, -0.2) is 67.0 Å². The van der Waals surface area contributed by atoms with Gasteiger partial charge < -0.3 is 29.0 Å². The molecule has 0 aliphatic heterocycles. The van der Waals surface area contributed by atoms with Crippen LogP contribution in [0.5, 0.6) is 11.5 Å². The molecule has 4 rings (SSSR count). The minimum atomic E-state index is -4.34. The zero-order valence-electron chi connectivity index (χ0n) is 25.9. The third-order valence-corrected chi connectivity index (χ3v) is 8.50. The van der Waals surface area contributed by atoms with Gasteiger partial charge in [0.15, 0.2) is 0 Å². The molecular weight excluding hydrogens is 612 g/mol. The molecule has 0 bridgehead atoms. The monoisotopic (exact) mass is 656 g/mol. The van der Waals surface area contributed by atoms with Crippen molar-refractivity contribution < 1.29 is 42.2 Å². The highest BCUT2D eigenvalue weighted by Crippen LogP contribution is 2.27. The first-order valence-corrected chi connectivity index (χ1v) is 17.0. The minimum Gasteiger partial charge on any atom is -0.508 e. The molecule has 1 aliphatic rings. The Morgan fingerprint density at radius 1 is 0.957 bits per heavy atom. The molecule has 1 fully saturated rings. The lowest BCUT2D eigenvalue weighted by Crippen LogP contribution is -2.40. The van der Waals surface area contributed by atoms with E-state index < -0.39 is 22.4 Å². The molecule has 1 atom stereocenters. The molecule has 3 aromatic carbocycles. The normalized spacial score (nSPS) is 14.7. The van der Waals surface area contributed by atoms with Crippen molar-refractivity contribution in [2.24, 2.45) is 5.14 Å². The van der Waals surface area contributed by atoms with E-state index in [2.05, 4.69) is 9.08 Å². The van der Waals surface area contributed by atoms with Crippen molar-refractivity contribution in [1.29, 1.82) is 0 Å². The van der Waals surface area contributed by atoms with Gasteiger partial charge >= 0.3 is 16.3 Å². The number of carbonyl (C=O) groups excluding carboxylic acids is 1. The molecule has 0 unspecified atom stereocenters. The van der Waals surface area contributed by atoms with Gasteiger partial charge in [0, 0.05) is 24.7 Å². The van der Waals surface area contributed by atoms with Crippen molar-refractivity contribution in [3.8, 4) is 11.5 Å². The Balaban J connectivity index is 1.22. The zero-order valence-corrected chi connectivity index (χ0v) is 26.7. The second kappa shape index (κ2) is 17.4. The number of nitrogens with two attached hydrogens (primary N) is 1. The molecule has 250 valence electrons. The molecule has 0 aromatic heterocycles. The molecule has 0 radical (unpaired) electrons. The number of aromatic hydroxyl groups is 1. The summed E-state index contributed by atoms with van der Waals surface area (Å²) in [7, 11) is -4.34. The van der Waals surface area contributed by atoms with E-state index in [1.54, 1.807) is 30.3 Å². The summed E-state index contributed by atoms with van der Waals surface area (Å²) in [5.41, 5.74) is 3.66. The van der Waals surface area contributed by atoms with Crippen LogP contribution in [0.15, 0.2) is 66.7 Å². The van der Waals surface area contributed by atoms with Gasteiger partial charge in [-0.2, -0.15) is 13.6 Å². The number of aliphatic hydroxyl groups excluding tert-OH is 2. The van der Waals surface area contributed by atoms with Crippen molar-refractivity contribution in [1.82, 2.24) is 4.90 Å². The maximum absolute atomic E-state index is 11.7. The number of benzene rings is 3. The van der Waals surface area contributed by atoms with Gasteiger partial charge in [0.05, 0.1) is 32.3 Å². The van der Waals surface area contributed by atoms with Crippen LogP contribution in [0.3, 0.4) is 0 Å². The number of aliphatic hydroxyl groups is 2. The third-order valence-electron chi connectivity index (χ3n) is 8.08. The van der Waals surface area contributed by atoms with Crippen LogP contribution < -0.4 is 9.88 Å². The maximum atomic E-state index is 11.7. The van der Waals surface area contributed by atoms with Gasteiger partial charge in [-0.05, 0) is 65.8 Å². The highest BCUT2D eigenvalue weighted by Gasteiger charge is 2.24. The first-order valence-electron chi connectivity index (χ1n) is 15.6. The van der Waals surface area contributed by atoms with E-state index >= 15 is 0 Å². The predicted molar refractivity (Wildman–Crippen MR) is 172 cm³/mol. The van der Waals surface area contributed by atoms with Gasteiger partial charge in [-0.25, -0.2) is 0 Å². The fraction of sp³-hybridized carbons (Fsp3) is 0.441. The van der Waals surface area contributed by atoms with E-state index in [1.807, 2.05) is 30.3 Å². The Kier molecular flexibility index (Phi) is 13.4. The zero-order chi connectivity index (χ0) is 32.9. The van der Waals surface area contributed by atoms with Crippen molar-refractivity contribution in [2.45, 2.75) is 70.3 Å². The molecule has 0 saturated heterocycles. The average molecular weight is 657 g/mol. The van der Waals surface area contributed by atoms with Crippen LogP contribution in [0.4, 0.5) is 0 Å². The van der Waals surface area contributed by atoms with E-state index in [1.165, 1.54) is 30.9 Å². The summed E-state index contributed by atoms with van der Waals surface area (Å²) >= 11 is 0. The fourth-order valence-electron chi connectivity index (χ4n) is 5.72. The first-order chi connectivity index (χ1) is 22.1. The number of hydrogen-bond donors (Lipinski definition) is 4. The number of ether oxygens (including phenoxy) is 2. The lowest BCUT2D eigenvalue weighted by atomic mass is 9.93. The van der Waals surface area contributed by atoms with Crippen LogP contribution in [0, 0.1) is 0 Å². The molecule has 0 heterocycles. The Morgan fingerprint density at radius 3 is 2.41 bits per heavy atom. The third kappa shape index (κ3) is 11.7. The fourth-order valence-corrected chi connectivity index (χ4v) is 6.04. The molecule has 1 saturated carbocycles. The highest BCUT2D eigenvalue weighted by molar-refractivity contribution is 7.84. The van der Waals surface area contributed by atoms with E-state index in [0.717, 1.165) is 37.1 Å². The van der Waals surface area contributed by atoms with Gasteiger partial charge in [0.2, 0.25) is 0 Å². The van der Waals surface area contributed by atoms with E-state index in [9.17, 15) is 28.5 Å². The molecule has 0 spiro atoms. The van der Waals surface area contributed by atoms with Crippen LogP contribution in [0.1, 0.15) is 66.0 Å². The molecule has 0 amide bonds. The Labute approximate surface area is 270 Å².